The van der Waals surface area contributed by atoms with E-state index >= 15 is 0 Å². The molecule has 1 aromatic carbocycles. The van der Waals surface area contributed by atoms with E-state index in [-0.39, 0.29) is 37.0 Å². The summed E-state index contributed by atoms with van der Waals surface area (Å²) in [5.41, 5.74) is 2.70. The maximum atomic E-state index is 12.5. The van der Waals surface area contributed by atoms with Crippen LogP contribution in [0, 0.1) is 0 Å². The summed E-state index contributed by atoms with van der Waals surface area (Å²) in [6.07, 6.45) is 2.82. The second-order valence-electron chi connectivity index (χ2n) is 7.40. The van der Waals surface area contributed by atoms with Crippen LogP contribution in [0.25, 0.3) is 5.69 Å². The van der Waals surface area contributed by atoms with E-state index in [4.69, 9.17) is 4.74 Å². The van der Waals surface area contributed by atoms with Crippen LogP contribution in [0.2, 0.25) is 0 Å². The van der Waals surface area contributed by atoms with Crippen LogP contribution < -0.4 is 5.32 Å². The van der Waals surface area contributed by atoms with Crippen LogP contribution in [0.4, 0.5) is 5.69 Å². The van der Waals surface area contributed by atoms with Crippen LogP contribution in [0.1, 0.15) is 40.7 Å². The number of nitrogens with zero attached hydrogens (tertiary/aromatic N) is 3. The average Bonchev–Trinajstić information content (AvgIpc) is 3.47. The number of aromatic nitrogens is 2. The number of hydrogen-bond donors (Lipinski definition) is 1. The van der Waals surface area contributed by atoms with Crippen molar-refractivity contribution in [2.75, 3.05) is 18.5 Å². The lowest BCUT2D eigenvalue weighted by molar-refractivity contribution is -0.133. The number of thiophene rings is 1. The van der Waals surface area contributed by atoms with Gasteiger partial charge in [-0.3, -0.25) is 9.59 Å². The maximum Gasteiger partial charge on any atom is 0.358 e. The molecule has 0 fully saturated rings. The molecule has 8 nitrogen and oxygen atoms in total. The van der Waals surface area contributed by atoms with Crippen molar-refractivity contribution in [3.05, 3.63) is 64.1 Å². The Hall–Kier alpha value is -3.46. The van der Waals surface area contributed by atoms with E-state index < -0.39 is 5.97 Å². The van der Waals surface area contributed by atoms with E-state index in [2.05, 4.69) is 21.9 Å². The Morgan fingerprint density at radius 2 is 2.06 bits per heavy atom. The van der Waals surface area contributed by atoms with Gasteiger partial charge < -0.3 is 15.0 Å². The van der Waals surface area contributed by atoms with Crippen molar-refractivity contribution in [3.63, 3.8) is 0 Å². The molecule has 9 heteroatoms. The molecule has 0 aliphatic carbocycles. The van der Waals surface area contributed by atoms with Crippen molar-refractivity contribution in [3.8, 4) is 5.69 Å². The van der Waals surface area contributed by atoms with Crippen LogP contribution in [-0.4, -0.2) is 45.6 Å². The highest BCUT2D eigenvalue weighted by Gasteiger charge is 2.21. The first-order chi connectivity index (χ1) is 15.5. The van der Waals surface area contributed by atoms with Gasteiger partial charge in [0.1, 0.15) is 0 Å². The van der Waals surface area contributed by atoms with Crippen LogP contribution in [0.5, 0.6) is 0 Å². The lowest BCUT2D eigenvalue weighted by Crippen LogP contribution is -2.35. The predicted molar refractivity (Wildman–Crippen MR) is 121 cm³/mol. The SMILES string of the molecule is CCOC(=O)c1ccn(-c2cccc(NC(=O)CCC(=O)N3CCc4sccc4C3)c2)n1. The minimum atomic E-state index is -0.482. The molecule has 2 amide bonds. The summed E-state index contributed by atoms with van der Waals surface area (Å²) in [6.45, 7) is 3.34. The molecule has 0 spiro atoms. The van der Waals surface area contributed by atoms with Crippen molar-refractivity contribution < 1.29 is 19.1 Å². The molecule has 1 aliphatic rings. The van der Waals surface area contributed by atoms with Gasteiger partial charge in [0.15, 0.2) is 5.69 Å². The molecule has 1 aliphatic heterocycles. The van der Waals surface area contributed by atoms with Gasteiger partial charge in [-0.15, -0.1) is 11.3 Å². The summed E-state index contributed by atoms with van der Waals surface area (Å²) in [7, 11) is 0. The van der Waals surface area contributed by atoms with Crippen LogP contribution in [0.15, 0.2) is 48.0 Å². The third-order valence-electron chi connectivity index (χ3n) is 5.19. The van der Waals surface area contributed by atoms with Crippen molar-refractivity contribution in [1.82, 2.24) is 14.7 Å². The number of ether oxygens (including phenoxy) is 1. The summed E-state index contributed by atoms with van der Waals surface area (Å²) < 4.78 is 6.50. The highest BCUT2D eigenvalue weighted by atomic mass is 32.1. The summed E-state index contributed by atoms with van der Waals surface area (Å²) in [4.78, 5) is 39.9. The normalized spacial score (nSPS) is 12.8. The first kappa shape index (κ1) is 21.8. The van der Waals surface area contributed by atoms with Gasteiger partial charge in [-0.1, -0.05) is 6.07 Å². The monoisotopic (exact) mass is 452 g/mol. The number of benzene rings is 1. The van der Waals surface area contributed by atoms with Crippen molar-refractivity contribution in [2.45, 2.75) is 32.7 Å². The van der Waals surface area contributed by atoms with Gasteiger partial charge in [-0.05, 0) is 54.6 Å². The Kier molecular flexibility index (Phi) is 6.65. The Bertz CT molecular complexity index is 1140. The molecule has 3 aromatic rings. The quantitative estimate of drug-likeness (QED) is 0.555. The Labute approximate surface area is 189 Å². The smallest absolute Gasteiger partial charge is 0.358 e. The average molecular weight is 453 g/mol. The lowest BCUT2D eigenvalue weighted by Gasteiger charge is -2.27. The third-order valence-corrected chi connectivity index (χ3v) is 6.22. The van der Waals surface area contributed by atoms with Crippen molar-refractivity contribution >= 4 is 34.8 Å². The first-order valence-electron chi connectivity index (χ1n) is 10.5. The zero-order valence-corrected chi connectivity index (χ0v) is 18.6. The number of carbonyl (C=O) groups is 3. The van der Waals surface area contributed by atoms with Gasteiger partial charge in [0.25, 0.3) is 0 Å². The van der Waals surface area contributed by atoms with Crippen LogP contribution in [-0.2, 0) is 27.3 Å². The van der Waals surface area contributed by atoms with E-state index in [0.29, 0.717) is 24.5 Å². The van der Waals surface area contributed by atoms with Gasteiger partial charge in [-0.2, -0.15) is 5.10 Å². The molecular weight excluding hydrogens is 428 g/mol. The molecular formula is C23H24N4O4S. The number of amides is 2. The molecule has 4 rings (SSSR count). The fraction of sp³-hybridized carbons (Fsp3) is 0.304. The van der Waals surface area contributed by atoms with Crippen molar-refractivity contribution in [1.29, 1.82) is 0 Å². The van der Waals surface area contributed by atoms with E-state index in [9.17, 15) is 14.4 Å². The van der Waals surface area contributed by atoms with Crippen LogP contribution >= 0.6 is 11.3 Å². The number of carbonyl (C=O) groups excluding carboxylic acids is 3. The standard InChI is InChI=1S/C23H24N4O4S/c1-2-31-23(30)19-8-12-27(25-19)18-5-3-4-17(14-18)24-21(28)6-7-22(29)26-11-9-20-16(15-26)10-13-32-20/h3-5,8,10,12-14H,2,6-7,9,11,15H2,1H3,(H,24,28). The maximum absolute atomic E-state index is 12.5. The number of nitrogens with one attached hydrogen (secondary N) is 1. The number of anilines is 1. The number of hydrogen-bond acceptors (Lipinski definition) is 6. The zero-order chi connectivity index (χ0) is 22.5. The zero-order valence-electron chi connectivity index (χ0n) is 17.7. The summed E-state index contributed by atoms with van der Waals surface area (Å²) in [6, 6.07) is 10.8. The number of fused-ring (bicyclic) bond motifs is 1. The molecule has 0 atom stereocenters. The molecule has 32 heavy (non-hydrogen) atoms. The lowest BCUT2D eigenvalue weighted by atomic mass is 10.1. The minimum absolute atomic E-state index is 0.00575. The largest absolute Gasteiger partial charge is 0.461 e. The fourth-order valence-electron chi connectivity index (χ4n) is 3.57. The summed E-state index contributed by atoms with van der Waals surface area (Å²) in [5.74, 6) is -0.713. The molecule has 0 saturated carbocycles. The van der Waals surface area contributed by atoms with Gasteiger partial charge in [0.05, 0.1) is 12.3 Å². The topological polar surface area (TPSA) is 93.5 Å². The van der Waals surface area contributed by atoms with Crippen LogP contribution in [0.3, 0.4) is 0 Å². The molecule has 0 radical (unpaired) electrons. The van der Waals surface area contributed by atoms with E-state index in [1.807, 2.05) is 11.0 Å². The molecule has 166 valence electrons. The molecule has 0 saturated heterocycles. The molecule has 3 heterocycles. The molecule has 1 N–H and O–H groups in total. The van der Waals surface area contributed by atoms with Gasteiger partial charge in [0.2, 0.25) is 11.8 Å². The summed E-state index contributed by atoms with van der Waals surface area (Å²) >= 11 is 1.73. The number of esters is 1. The number of rotatable bonds is 7. The Morgan fingerprint density at radius 1 is 1.19 bits per heavy atom. The third kappa shape index (κ3) is 5.05. The fourth-order valence-corrected chi connectivity index (χ4v) is 4.46. The summed E-state index contributed by atoms with van der Waals surface area (Å²) in [5, 5.41) is 9.11. The van der Waals surface area contributed by atoms with Gasteiger partial charge in [-0.25, -0.2) is 9.48 Å². The van der Waals surface area contributed by atoms with Gasteiger partial charge >= 0.3 is 5.97 Å². The molecule has 2 aromatic heterocycles. The van der Waals surface area contributed by atoms with E-state index in [1.54, 1.807) is 53.4 Å². The Morgan fingerprint density at radius 3 is 2.91 bits per heavy atom. The second-order valence-corrected chi connectivity index (χ2v) is 8.40. The Balaban J connectivity index is 1.31. The van der Waals surface area contributed by atoms with E-state index in [0.717, 1.165) is 6.42 Å². The molecule has 0 bridgehead atoms. The van der Waals surface area contributed by atoms with E-state index in [1.165, 1.54) is 10.4 Å². The predicted octanol–water partition coefficient (Wildman–Crippen LogP) is 3.41. The minimum Gasteiger partial charge on any atom is -0.461 e. The van der Waals surface area contributed by atoms with Crippen molar-refractivity contribution in [2.24, 2.45) is 0 Å². The highest BCUT2D eigenvalue weighted by Crippen LogP contribution is 2.24. The second kappa shape index (κ2) is 9.78. The highest BCUT2D eigenvalue weighted by molar-refractivity contribution is 7.10. The van der Waals surface area contributed by atoms with Gasteiger partial charge in [0, 0.05) is 42.7 Å². The first-order valence-corrected chi connectivity index (χ1v) is 11.4. The molecule has 0 unspecified atom stereocenters.